The van der Waals surface area contributed by atoms with E-state index in [0.717, 1.165) is 28.1 Å². The Labute approximate surface area is 107 Å². The summed E-state index contributed by atoms with van der Waals surface area (Å²) in [5.74, 6) is 1.89. The van der Waals surface area contributed by atoms with Gasteiger partial charge in [-0.3, -0.25) is 0 Å². The maximum atomic E-state index is 5.72. The van der Waals surface area contributed by atoms with Crippen LogP contribution in [0.25, 0.3) is 0 Å². The number of hydrogen-bond acceptors (Lipinski definition) is 1. The van der Waals surface area contributed by atoms with Crippen molar-refractivity contribution in [3.05, 3.63) is 28.2 Å². The fourth-order valence-electron chi connectivity index (χ4n) is 1.49. The van der Waals surface area contributed by atoms with E-state index >= 15 is 0 Å². The number of rotatable bonds is 5. The fourth-order valence-corrected chi connectivity index (χ4v) is 2.38. The first-order valence-electron chi connectivity index (χ1n) is 5.27. The van der Waals surface area contributed by atoms with E-state index in [4.69, 9.17) is 4.74 Å². The van der Waals surface area contributed by atoms with Crippen LogP contribution in [0.15, 0.2) is 22.7 Å². The molecule has 1 saturated carbocycles. The molecule has 1 nitrogen and oxygen atoms in total. The molecule has 0 bridgehead atoms. The van der Waals surface area contributed by atoms with Gasteiger partial charge in [0.25, 0.3) is 0 Å². The second kappa shape index (κ2) is 5.35. The first kappa shape index (κ1) is 11.5. The minimum Gasteiger partial charge on any atom is -0.492 e. The van der Waals surface area contributed by atoms with Gasteiger partial charge in [0.1, 0.15) is 5.75 Å². The maximum absolute atomic E-state index is 5.72. The number of benzene rings is 1. The van der Waals surface area contributed by atoms with E-state index in [1.54, 1.807) is 0 Å². The van der Waals surface area contributed by atoms with Crippen LogP contribution in [-0.2, 0) is 5.33 Å². The predicted octanol–water partition coefficient (Wildman–Crippen LogP) is 4.52. The number of hydrogen-bond donors (Lipinski definition) is 0. The molecule has 0 aliphatic heterocycles. The molecule has 1 aliphatic carbocycles. The van der Waals surface area contributed by atoms with Gasteiger partial charge in [-0.25, -0.2) is 0 Å². The Morgan fingerprint density at radius 3 is 2.73 bits per heavy atom. The van der Waals surface area contributed by atoms with E-state index in [1.807, 2.05) is 6.07 Å². The van der Waals surface area contributed by atoms with Crippen molar-refractivity contribution < 1.29 is 4.74 Å². The van der Waals surface area contributed by atoms with Gasteiger partial charge in [0.15, 0.2) is 0 Å². The van der Waals surface area contributed by atoms with Crippen LogP contribution < -0.4 is 4.74 Å². The molecule has 0 heterocycles. The van der Waals surface area contributed by atoms with Crippen LogP contribution >= 0.6 is 31.9 Å². The highest BCUT2D eigenvalue weighted by Gasteiger charge is 2.20. The quantitative estimate of drug-likeness (QED) is 0.720. The summed E-state index contributed by atoms with van der Waals surface area (Å²) in [5.41, 5.74) is 1.26. The molecule has 82 valence electrons. The van der Waals surface area contributed by atoms with Crippen LogP contribution in [0, 0.1) is 5.92 Å². The molecule has 0 radical (unpaired) electrons. The Kier molecular flexibility index (Phi) is 4.09. The zero-order valence-corrected chi connectivity index (χ0v) is 11.7. The van der Waals surface area contributed by atoms with Crippen molar-refractivity contribution in [2.45, 2.75) is 24.6 Å². The van der Waals surface area contributed by atoms with E-state index in [9.17, 15) is 0 Å². The molecule has 1 aromatic carbocycles. The molecular weight excluding hydrogens is 320 g/mol. The lowest BCUT2D eigenvalue weighted by Crippen LogP contribution is -1.98. The van der Waals surface area contributed by atoms with Crippen molar-refractivity contribution in [3.8, 4) is 5.75 Å². The average Bonchev–Trinajstić information content (AvgIpc) is 3.04. The van der Waals surface area contributed by atoms with E-state index in [-0.39, 0.29) is 0 Å². The van der Waals surface area contributed by atoms with Crippen molar-refractivity contribution in [2.24, 2.45) is 5.92 Å². The normalized spacial score (nSPS) is 15.3. The molecule has 1 aliphatic rings. The molecule has 0 saturated heterocycles. The third-order valence-corrected chi connectivity index (χ3v) is 3.90. The summed E-state index contributed by atoms with van der Waals surface area (Å²) in [5, 5.41) is 0.883. The SMILES string of the molecule is BrCc1ccc(OCCC2CC2)c(Br)c1. The molecule has 0 spiro atoms. The Bertz CT molecular complexity index is 334. The van der Waals surface area contributed by atoms with Gasteiger partial charge in [-0.1, -0.05) is 34.8 Å². The third kappa shape index (κ3) is 3.49. The molecule has 0 atom stereocenters. The van der Waals surface area contributed by atoms with Gasteiger partial charge in [0.2, 0.25) is 0 Å². The summed E-state index contributed by atoms with van der Waals surface area (Å²) >= 11 is 6.96. The molecule has 15 heavy (non-hydrogen) atoms. The smallest absolute Gasteiger partial charge is 0.133 e. The highest BCUT2D eigenvalue weighted by molar-refractivity contribution is 9.10. The summed E-state index contributed by atoms with van der Waals surface area (Å²) in [6.07, 6.45) is 3.99. The highest BCUT2D eigenvalue weighted by atomic mass is 79.9. The van der Waals surface area contributed by atoms with Gasteiger partial charge in [-0.2, -0.15) is 0 Å². The van der Waals surface area contributed by atoms with Crippen LogP contribution in [0.1, 0.15) is 24.8 Å². The lowest BCUT2D eigenvalue weighted by molar-refractivity contribution is 0.300. The number of halogens is 2. The molecule has 0 N–H and O–H groups in total. The molecule has 1 fully saturated rings. The van der Waals surface area contributed by atoms with Crippen molar-refractivity contribution in [3.63, 3.8) is 0 Å². The second-order valence-corrected chi connectivity index (χ2v) is 5.39. The van der Waals surface area contributed by atoms with Crippen LogP contribution in [0.5, 0.6) is 5.75 Å². The zero-order chi connectivity index (χ0) is 10.7. The largest absolute Gasteiger partial charge is 0.492 e. The van der Waals surface area contributed by atoms with Crippen LogP contribution in [0.3, 0.4) is 0 Å². The Morgan fingerprint density at radius 1 is 1.33 bits per heavy atom. The first-order valence-corrected chi connectivity index (χ1v) is 7.18. The minimum atomic E-state index is 0.844. The van der Waals surface area contributed by atoms with Crippen LogP contribution in [0.2, 0.25) is 0 Å². The van der Waals surface area contributed by atoms with Crippen molar-refractivity contribution >= 4 is 31.9 Å². The predicted molar refractivity (Wildman–Crippen MR) is 69.6 cm³/mol. The van der Waals surface area contributed by atoms with Gasteiger partial charge < -0.3 is 4.74 Å². The van der Waals surface area contributed by atoms with Gasteiger partial charge >= 0.3 is 0 Å². The van der Waals surface area contributed by atoms with Gasteiger partial charge in [0, 0.05) is 5.33 Å². The standard InChI is InChI=1S/C12H14Br2O/c13-8-10-3-4-12(11(14)7-10)15-6-5-9-1-2-9/h3-4,7,9H,1-2,5-6,8H2. The molecule has 0 unspecified atom stereocenters. The summed E-state index contributed by atoms with van der Waals surface area (Å²) in [6, 6.07) is 6.22. The average molecular weight is 334 g/mol. The van der Waals surface area contributed by atoms with Crippen LogP contribution in [0.4, 0.5) is 0 Å². The Hall–Kier alpha value is -0.0200. The monoisotopic (exact) mass is 332 g/mol. The number of alkyl halides is 1. The Morgan fingerprint density at radius 2 is 2.13 bits per heavy atom. The topological polar surface area (TPSA) is 9.23 Å². The molecule has 0 amide bonds. The summed E-state index contributed by atoms with van der Waals surface area (Å²) in [7, 11) is 0. The summed E-state index contributed by atoms with van der Waals surface area (Å²) in [6.45, 7) is 0.844. The summed E-state index contributed by atoms with van der Waals surface area (Å²) in [4.78, 5) is 0. The maximum Gasteiger partial charge on any atom is 0.133 e. The minimum absolute atomic E-state index is 0.844. The van der Waals surface area contributed by atoms with Crippen molar-refractivity contribution in [2.75, 3.05) is 6.61 Å². The lowest BCUT2D eigenvalue weighted by atomic mass is 10.2. The molecule has 3 heteroatoms. The first-order chi connectivity index (χ1) is 7.29. The van der Waals surface area contributed by atoms with E-state index in [2.05, 4.69) is 44.0 Å². The van der Waals surface area contributed by atoms with Gasteiger partial charge in [-0.05, 0) is 46.0 Å². The molecular formula is C12H14Br2O. The van der Waals surface area contributed by atoms with Crippen molar-refractivity contribution in [1.82, 2.24) is 0 Å². The summed E-state index contributed by atoms with van der Waals surface area (Å²) < 4.78 is 6.78. The van der Waals surface area contributed by atoms with Gasteiger partial charge in [-0.15, -0.1) is 0 Å². The molecule has 2 rings (SSSR count). The molecule has 0 aromatic heterocycles. The number of ether oxygens (including phenoxy) is 1. The fraction of sp³-hybridized carbons (Fsp3) is 0.500. The van der Waals surface area contributed by atoms with Gasteiger partial charge in [0.05, 0.1) is 11.1 Å². The second-order valence-electron chi connectivity index (χ2n) is 3.98. The van der Waals surface area contributed by atoms with E-state index in [1.165, 1.54) is 24.8 Å². The zero-order valence-electron chi connectivity index (χ0n) is 8.51. The molecule has 1 aromatic rings. The van der Waals surface area contributed by atoms with Crippen molar-refractivity contribution in [1.29, 1.82) is 0 Å². The van der Waals surface area contributed by atoms with E-state index in [0.29, 0.717) is 0 Å². The highest BCUT2D eigenvalue weighted by Crippen LogP contribution is 2.33. The van der Waals surface area contributed by atoms with Crippen LogP contribution in [-0.4, -0.2) is 6.61 Å². The lowest BCUT2D eigenvalue weighted by Gasteiger charge is -2.08. The third-order valence-electron chi connectivity index (χ3n) is 2.63. The van der Waals surface area contributed by atoms with E-state index < -0.39 is 0 Å². The Balaban J connectivity index is 1.88.